The molecule has 0 saturated carbocycles. The topological polar surface area (TPSA) is 102 Å². The van der Waals surface area contributed by atoms with Crippen LogP contribution in [0.5, 0.6) is 0 Å². The normalized spacial score (nSPS) is 11.3. The van der Waals surface area contributed by atoms with Crippen LogP contribution < -0.4 is 10.9 Å². The van der Waals surface area contributed by atoms with Crippen molar-refractivity contribution in [1.29, 1.82) is 5.26 Å². The van der Waals surface area contributed by atoms with E-state index in [0.29, 0.717) is 10.9 Å². The molecule has 2 heterocycles. The predicted molar refractivity (Wildman–Crippen MR) is 70.8 cm³/mol. The summed E-state index contributed by atoms with van der Waals surface area (Å²) in [7, 11) is 0. The standard InChI is InChI=1S/C13H14N4O2/c1-7-4-16-12(19)9-8(5-15-10(7)9)11(18)17-13(2,3)6-14/h4-5,15H,1-3H3,(H,16,19)(H,17,18). The first-order chi connectivity index (χ1) is 8.85. The molecule has 19 heavy (non-hydrogen) atoms. The number of aromatic amines is 2. The van der Waals surface area contributed by atoms with E-state index in [1.807, 2.05) is 13.0 Å². The first kappa shape index (κ1) is 12.9. The minimum absolute atomic E-state index is 0.239. The second kappa shape index (κ2) is 4.28. The summed E-state index contributed by atoms with van der Waals surface area (Å²) in [6.45, 7) is 5.01. The van der Waals surface area contributed by atoms with E-state index in [-0.39, 0.29) is 11.1 Å². The Bertz CT molecular complexity index is 746. The van der Waals surface area contributed by atoms with E-state index in [9.17, 15) is 9.59 Å². The van der Waals surface area contributed by atoms with Gasteiger partial charge in [-0.1, -0.05) is 0 Å². The Morgan fingerprint density at radius 3 is 2.68 bits per heavy atom. The van der Waals surface area contributed by atoms with E-state index in [2.05, 4.69) is 15.3 Å². The molecule has 0 bridgehead atoms. The number of fused-ring (bicyclic) bond motifs is 1. The van der Waals surface area contributed by atoms with E-state index < -0.39 is 11.4 Å². The SMILES string of the molecule is Cc1c[nH]c(=O)c2c(C(=O)NC(C)(C)C#N)c[nH]c12. The number of pyridine rings is 1. The summed E-state index contributed by atoms with van der Waals surface area (Å²) in [6.07, 6.45) is 3.07. The molecule has 1 amide bonds. The summed E-state index contributed by atoms with van der Waals surface area (Å²) in [5, 5.41) is 11.8. The van der Waals surface area contributed by atoms with Gasteiger partial charge in [0, 0.05) is 12.4 Å². The van der Waals surface area contributed by atoms with Crippen molar-refractivity contribution in [2.24, 2.45) is 0 Å². The lowest BCUT2D eigenvalue weighted by molar-refractivity contribution is 0.0931. The van der Waals surface area contributed by atoms with E-state index >= 15 is 0 Å². The molecule has 6 nitrogen and oxygen atoms in total. The van der Waals surface area contributed by atoms with E-state index in [0.717, 1.165) is 5.56 Å². The molecule has 0 spiro atoms. The maximum atomic E-state index is 12.1. The molecule has 2 aromatic heterocycles. The summed E-state index contributed by atoms with van der Waals surface area (Å²) in [4.78, 5) is 29.5. The van der Waals surface area contributed by atoms with Gasteiger partial charge in [-0.25, -0.2) is 0 Å². The number of carbonyl (C=O) groups excluding carboxylic acids is 1. The minimum Gasteiger partial charge on any atom is -0.360 e. The molecule has 0 aliphatic heterocycles. The van der Waals surface area contributed by atoms with Crippen molar-refractivity contribution in [3.63, 3.8) is 0 Å². The van der Waals surface area contributed by atoms with Crippen LogP contribution in [0.25, 0.3) is 10.9 Å². The van der Waals surface area contributed by atoms with Gasteiger partial charge >= 0.3 is 0 Å². The van der Waals surface area contributed by atoms with Crippen LogP contribution in [-0.4, -0.2) is 21.4 Å². The molecular formula is C13H14N4O2. The van der Waals surface area contributed by atoms with Gasteiger partial charge in [-0.05, 0) is 26.3 Å². The number of hydrogen-bond acceptors (Lipinski definition) is 3. The predicted octanol–water partition coefficient (Wildman–Crippen LogP) is 1.20. The number of nitrogens with one attached hydrogen (secondary N) is 3. The van der Waals surface area contributed by atoms with Crippen molar-refractivity contribution in [2.45, 2.75) is 26.3 Å². The molecule has 0 fully saturated rings. The van der Waals surface area contributed by atoms with Gasteiger partial charge in [0.25, 0.3) is 11.5 Å². The monoisotopic (exact) mass is 258 g/mol. The lowest BCUT2D eigenvalue weighted by Gasteiger charge is -2.16. The number of hydrogen-bond donors (Lipinski definition) is 3. The third-order valence-electron chi connectivity index (χ3n) is 2.87. The third-order valence-corrected chi connectivity index (χ3v) is 2.87. The average Bonchev–Trinajstić information content (AvgIpc) is 2.79. The number of rotatable bonds is 2. The molecule has 2 rings (SSSR count). The van der Waals surface area contributed by atoms with Crippen molar-refractivity contribution in [1.82, 2.24) is 15.3 Å². The van der Waals surface area contributed by atoms with Gasteiger partial charge < -0.3 is 15.3 Å². The number of carbonyl (C=O) groups is 1. The van der Waals surface area contributed by atoms with Gasteiger partial charge in [0.15, 0.2) is 0 Å². The fourth-order valence-corrected chi connectivity index (χ4v) is 1.85. The van der Waals surface area contributed by atoms with Crippen LogP contribution in [0.3, 0.4) is 0 Å². The van der Waals surface area contributed by atoms with Gasteiger partial charge in [0.1, 0.15) is 5.54 Å². The Balaban J connectivity index is 2.54. The molecule has 2 aromatic rings. The van der Waals surface area contributed by atoms with Gasteiger partial charge in [0.05, 0.1) is 22.5 Å². The van der Waals surface area contributed by atoms with E-state index in [1.165, 1.54) is 6.20 Å². The highest BCUT2D eigenvalue weighted by Crippen LogP contribution is 2.17. The Kier molecular flexibility index (Phi) is 2.91. The van der Waals surface area contributed by atoms with Crippen LogP contribution in [0.15, 0.2) is 17.2 Å². The molecule has 3 N–H and O–H groups in total. The van der Waals surface area contributed by atoms with Crippen LogP contribution in [0.1, 0.15) is 29.8 Å². The summed E-state index contributed by atoms with van der Waals surface area (Å²) >= 11 is 0. The average molecular weight is 258 g/mol. The van der Waals surface area contributed by atoms with Gasteiger partial charge in [0.2, 0.25) is 0 Å². The Hall–Kier alpha value is -2.55. The van der Waals surface area contributed by atoms with E-state index in [1.54, 1.807) is 20.0 Å². The fourth-order valence-electron chi connectivity index (χ4n) is 1.85. The maximum absolute atomic E-state index is 12.1. The molecule has 6 heteroatoms. The largest absolute Gasteiger partial charge is 0.360 e. The number of aromatic nitrogens is 2. The number of amides is 1. The Morgan fingerprint density at radius 2 is 2.05 bits per heavy atom. The number of aryl methyl sites for hydroxylation is 1. The van der Waals surface area contributed by atoms with Crippen LogP contribution in [0.2, 0.25) is 0 Å². The maximum Gasteiger partial charge on any atom is 0.258 e. The van der Waals surface area contributed by atoms with Crippen molar-refractivity contribution < 1.29 is 4.79 Å². The molecule has 0 radical (unpaired) electrons. The first-order valence-electron chi connectivity index (χ1n) is 5.79. The third kappa shape index (κ3) is 2.22. The lowest BCUT2D eigenvalue weighted by atomic mass is 10.1. The second-order valence-corrected chi connectivity index (χ2v) is 4.94. The van der Waals surface area contributed by atoms with Crippen molar-refractivity contribution in [3.8, 4) is 6.07 Å². The fraction of sp³-hybridized carbons (Fsp3) is 0.308. The van der Waals surface area contributed by atoms with Crippen LogP contribution in [0, 0.1) is 18.3 Å². The molecule has 0 aliphatic rings. The van der Waals surface area contributed by atoms with Crippen molar-refractivity contribution in [3.05, 3.63) is 33.9 Å². The second-order valence-electron chi connectivity index (χ2n) is 4.94. The first-order valence-corrected chi connectivity index (χ1v) is 5.79. The van der Waals surface area contributed by atoms with Crippen LogP contribution in [0.4, 0.5) is 0 Å². The zero-order valence-corrected chi connectivity index (χ0v) is 10.9. The molecule has 0 atom stereocenters. The highest BCUT2D eigenvalue weighted by Gasteiger charge is 2.23. The minimum atomic E-state index is -0.989. The highest BCUT2D eigenvalue weighted by atomic mass is 16.2. The Labute approximate surface area is 109 Å². The summed E-state index contributed by atoms with van der Waals surface area (Å²) < 4.78 is 0. The molecule has 98 valence electrons. The zero-order chi connectivity index (χ0) is 14.2. The Morgan fingerprint density at radius 1 is 1.37 bits per heavy atom. The molecule has 0 unspecified atom stereocenters. The molecule has 0 saturated heterocycles. The van der Waals surface area contributed by atoms with Crippen molar-refractivity contribution in [2.75, 3.05) is 0 Å². The van der Waals surface area contributed by atoms with Crippen LogP contribution >= 0.6 is 0 Å². The quantitative estimate of drug-likeness (QED) is 0.754. The summed E-state index contributed by atoms with van der Waals surface area (Å²) in [5.41, 5.74) is 0.388. The van der Waals surface area contributed by atoms with Gasteiger partial charge in [-0.15, -0.1) is 0 Å². The van der Waals surface area contributed by atoms with Crippen molar-refractivity contribution >= 4 is 16.8 Å². The van der Waals surface area contributed by atoms with Crippen LogP contribution in [-0.2, 0) is 0 Å². The number of nitrogens with zero attached hydrogens (tertiary/aromatic N) is 1. The zero-order valence-electron chi connectivity index (χ0n) is 10.9. The van der Waals surface area contributed by atoms with Gasteiger partial charge in [-0.3, -0.25) is 9.59 Å². The smallest absolute Gasteiger partial charge is 0.258 e. The lowest BCUT2D eigenvalue weighted by Crippen LogP contribution is -2.42. The molecule has 0 aliphatic carbocycles. The summed E-state index contributed by atoms with van der Waals surface area (Å²) in [6, 6.07) is 1.98. The molecular weight excluding hydrogens is 244 g/mol. The van der Waals surface area contributed by atoms with Gasteiger partial charge in [-0.2, -0.15) is 5.26 Å². The van der Waals surface area contributed by atoms with E-state index in [4.69, 9.17) is 5.26 Å². The highest BCUT2D eigenvalue weighted by molar-refractivity contribution is 6.07. The molecule has 0 aromatic carbocycles. The number of nitriles is 1. The number of H-pyrrole nitrogens is 2. The summed E-state index contributed by atoms with van der Waals surface area (Å²) in [5.74, 6) is -0.450.